The monoisotopic (exact) mass is 348 g/mol. The first kappa shape index (κ1) is 14.4. The molecular formula is C14H9BrClF3. The fourth-order valence-electron chi connectivity index (χ4n) is 1.76. The third-order valence-electron chi connectivity index (χ3n) is 2.68. The Morgan fingerprint density at radius 3 is 2.37 bits per heavy atom. The maximum absolute atomic E-state index is 13.6. The van der Waals surface area contributed by atoms with Crippen molar-refractivity contribution in [1.29, 1.82) is 0 Å². The molecule has 2 aromatic rings. The topological polar surface area (TPSA) is 0 Å². The molecule has 0 aliphatic rings. The lowest BCUT2D eigenvalue weighted by molar-refractivity contribution is 0.489. The number of hydrogen-bond acceptors (Lipinski definition) is 0. The zero-order valence-electron chi connectivity index (χ0n) is 9.64. The molecule has 0 aromatic heterocycles. The fraction of sp³-hybridized carbons (Fsp3) is 0.143. The van der Waals surface area contributed by atoms with Crippen molar-refractivity contribution in [2.45, 2.75) is 11.8 Å². The van der Waals surface area contributed by atoms with Crippen molar-refractivity contribution in [2.75, 3.05) is 0 Å². The van der Waals surface area contributed by atoms with Crippen LogP contribution in [0.2, 0.25) is 0 Å². The number of benzene rings is 2. The molecule has 0 bridgehead atoms. The highest BCUT2D eigenvalue weighted by atomic mass is 79.9. The van der Waals surface area contributed by atoms with Crippen LogP contribution in [-0.4, -0.2) is 0 Å². The molecule has 1 atom stereocenters. The van der Waals surface area contributed by atoms with E-state index in [1.807, 2.05) is 24.3 Å². The van der Waals surface area contributed by atoms with E-state index in [2.05, 4.69) is 15.9 Å². The van der Waals surface area contributed by atoms with E-state index in [0.29, 0.717) is 12.5 Å². The van der Waals surface area contributed by atoms with Crippen LogP contribution in [0, 0.1) is 17.5 Å². The standard InChI is InChI=1S/C14H9BrClF3/c15-9-3-1-2-8(4-9)5-11(16)10-6-13(18)14(19)7-12(10)17/h1-4,6-7,11H,5H2. The van der Waals surface area contributed by atoms with Gasteiger partial charge in [0.15, 0.2) is 11.6 Å². The number of rotatable bonds is 3. The molecule has 19 heavy (non-hydrogen) atoms. The molecular weight excluding hydrogens is 341 g/mol. The van der Waals surface area contributed by atoms with Gasteiger partial charge in [-0.3, -0.25) is 0 Å². The molecule has 0 fully saturated rings. The average molecular weight is 350 g/mol. The Morgan fingerprint density at radius 2 is 1.68 bits per heavy atom. The van der Waals surface area contributed by atoms with Crippen LogP contribution >= 0.6 is 27.5 Å². The maximum atomic E-state index is 13.6. The molecule has 2 rings (SSSR count). The summed E-state index contributed by atoms with van der Waals surface area (Å²) >= 11 is 9.40. The SMILES string of the molecule is Fc1cc(F)c(C(Cl)Cc2cccc(Br)c2)cc1F. The molecule has 0 spiro atoms. The quantitative estimate of drug-likeness (QED) is 0.515. The third-order valence-corrected chi connectivity index (χ3v) is 3.56. The zero-order valence-corrected chi connectivity index (χ0v) is 12.0. The minimum Gasteiger partial charge on any atom is -0.207 e. The minimum absolute atomic E-state index is 0.0412. The Labute approximate surface area is 122 Å². The van der Waals surface area contributed by atoms with E-state index in [1.165, 1.54) is 0 Å². The Bertz CT molecular complexity index is 601. The van der Waals surface area contributed by atoms with Gasteiger partial charge < -0.3 is 0 Å². The molecule has 0 saturated carbocycles. The van der Waals surface area contributed by atoms with Gasteiger partial charge in [0.1, 0.15) is 5.82 Å². The van der Waals surface area contributed by atoms with E-state index < -0.39 is 22.8 Å². The Balaban J connectivity index is 2.25. The highest BCUT2D eigenvalue weighted by molar-refractivity contribution is 9.10. The normalized spacial score (nSPS) is 12.5. The van der Waals surface area contributed by atoms with E-state index in [0.717, 1.165) is 16.1 Å². The van der Waals surface area contributed by atoms with E-state index in [-0.39, 0.29) is 5.56 Å². The fourth-order valence-corrected chi connectivity index (χ4v) is 2.55. The molecule has 1 unspecified atom stereocenters. The summed E-state index contributed by atoms with van der Waals surface area (Å²) in [6.45, 7) is 0. The van der Waals surface area contributed by atoms with Crippen LogP contribution in [0.3, 0.4) is 0 Å². The summed E-state index contributed by atoms with van der Waals surface area (Å²) in [7, 11) is 0. The molecule has 0 amide bonds. The summed E-state index contributed by atoms with van der Waals surface area (Å²) in [5.74, 6) is -3.15. The summed E-state index contributed by atoms with van der Waals surface area (Å²) in [5, 5.41) is -0.760. The average Bonchev–Trinajstić information content (AvgIpc) is 2.33. The Morgan fingerprint density at radius 1 is 1.00 bits per heavy atom. The van der Waals surface area contributed by atoms with Crippen LogP contribution in [0.5, 0.6) is 0 Å². The smallest absolute Gasteiger partial charge is 0.161 e. The predicted octanol–water partition coefficient (Wildman–Crippen LogP) is 5.39. The van der Waals surface area contributed by atoms with Gasteiger partial charge in [0.25, 0.3) is 0 Å². The van der Waals surface area contributed by atoms with Gasteiger partial charge in [-0.2, -0.15) is 0 Å². The lowest BCUT2D eigenvalue weighted by Crippen LogP contribution is -2.01. The molecule has 0 saturated heterocycles. The van der Waals surface area contributed by atoms with Gasteiger partial charge in [-0.1, -0.05) is 28.1 Å². The maximum Gasteiger partial charge on any atom is 0.161 e. The van der Waals surface area contributed by atoms with Gasteiger partial charge in [-0.05, 0) is 30.2 Å². The largest absolute Gasteiger partial charge is 0.207 e. The second-order valence-electron chi connectivity index (χ2n) is 4.09. The van der Waals surface area contributed by atoms with Crippen molar-refractivity contribution >= 4 is 27.5 Å². The highest BCUT2D eigenvalue weighted by Crippen LogP contribution is 2.29. The molecule has 5 heteroatoms. The van der Waals surface area contributed by atoms with Gasteiger partial charge in [0.2, 0.25) is 0 Å². The molecule has 0 aliphatic carbocycles. The van der Waals surface area contributed by atoms with Crippen molar-refractivity contribution in [3.8, 4) is 0 Å². The van der Waals surface area contributed by atoms with Crippen LogP contribution < -0.4 is 0 Å². The van der Waals surface area contributed by atoms with Gasteiger partial charge in [0.05, 0.1) is 5.38 Å². The van der Waals surface area contributed by atoms with Crippen LogP contribution in [0.1, 0.15) is 16.5 Å². The summed E-state index contributed by atoms with van der Waals surface area (Å²) < 4.78 is 40.4. The van der Waals surface area contributed by atoms with E-state index in [4.69, 9.17) is 11.6 Å². The summed E-state index contributed by atoms with van der Waals surface area (Å²) in [5.41, 5.74) is 0.832. The molecule has 0 radical (unpaired) electrons. The van der Waals surface area contributed by atoms with Gasteiger partial charge in [-0.25, -0.2) is 13.2 Å². The van der Waals surface area contributed by atoms with Crippen LogP contribution in [0.4, 0.5) is 13.2 Å². The molecule has 2 aromatic carbocycles. The minimum atomic E-state index is -1.22. The van der Waals surface area contributed by atoms with Crippen molar-refractivity contribution < 1.29 is 13.2 Å². The lowest BCUT2D eigenvalue weighted by Gasteiger charge is -2.12. The van der Waals surface area contributed by atoms with Crippen molar-refractivity contribution in [3.05, 3.63) is 69.4 Å². The lowest BCUT2D eigenvalue weighted by atomic mass is 10.0. The summed E-state index contributed by atoms with van der Waals surface area (Å²) in [6.07, 6.45) is 0.322. The van der Waals surface area contributed by atoms with Crippen LogP contribution in [0.25, 0.3) is 0 Å². The van der Waals surface area contributed by atoms with Crippen LogP contribution in [-0.2, 0) is 6.42 Å². The Kier molecular flexibility index (Phi) is 4.53. The highest BCUT2D eigenvalue weighted by Gasteiger charge is 2.17. The molecule has 0 nitrogen and oxygen atoms in total. The van der Waals surface area contributed by atoms with Crippen molar-refractivity contribution in [2.24, 2.45) is 0 Å². The summed E-state index contributed by atoms with van der Waals surface area (Å²) in [6, 6.07) is 8.67. The third kappa shape index (κ3) is 3.51. The second kappa shape index (κ2) is 5.97. The van der Waals surface area contributed by atoms with Gasteiger partial charge in [0, 0.05) is 16.1 Å². The van der Waals surface area contributed by atoms with Crippen molar-refractivity contribution in [1.82, 2.24) is 0 Å². The summed E-state index contributed by atoms with van der Waals surface area (Å²) in [4.78, 5) is 0. The zero-order chi connectivity index (χ0) is 14.0. The van der Waals surface area contributed by atoms with Gasteiger partial charge in [-0.15, -0.1) is 11.6 Å². The number of hydrogen-bond donors (Lipinski definition) is 0. The molecule has 0 N–H and O–H groups in total. The number of alkyl halides is 1. The van der Waals surface area contributed by atoms with Crippen molar-refractivity contribution in [3.63, 3.8) is 0 Å². The molecule has 0 heterocycles. The second-order valence-corrected chi connectivity index (χ2v) is 5.53. The Hall–Kier alpha value is -1.00. The van der Waals surface area contributed by atoms with Gasteiger partial charge >= 0.3 is 0 Å². The van der Waals surface area contributed by atoms with E-state index in [1.54, 1.807) is 0 Å². The van der Waals surface area contributed by atoms with Crippen LogP contribution in [0.15, 0.2) is 40.9 Å². The molecule has 0 aliphatic heterocycles. The number of halogens is 5. The van der Waals surface area contributed by atoms with E-state index in [9.17, 15) is 13.2 Å². The first-order chi connectivity index (χ1) is 8.97. The first-order valence-corrected chi connectivity index (χ1v) is 6.73. The predicted molar refractivity (Wildman–Crippen MR) is 72.8 cm³/mol. The first-order valence-electron chi connectivity index (χ1n) is 5.50. The molecule has 100 valence electrons. The van der Waals surface area contributed by atoms with E-state index >= 15 is 0 Å².